The summed E-state index contributed by atoms with van der Waals surface area (Å²) in [6.45, 7) is 4.27. The fourth-order valence-corrected chi connectivity index (χ4v) is 4.26. The van der Waals surface area contributed by atoms with Crippen LogP contribution in [-0.4, -0.2) is 44.3 Å². The molecule has 0 aliphatic rings. The number of aryl methyl sites for hydroxylation is 1. The lowest BCUT2D eigenvalue weighted by molar-refractivity contribution is -0.141. The number of hydrogen-bond acceptors (Lipinski definition) is 7. The zero-order chi connectivity index (χ0) is 23.3. The summed E-state index contributed by atoms with van der Waals surface area (Å²) in [7, 11) is 4.53. The molecule has 0 amide bonds. The van der Waals surface area contributed by atoms with Crippen LogP contribution < -0.4 is 14.2 Å². The molecule has 1 aromatic carbocycles. The fourth-order valence-electron chi connectivity index (χ4n) is 3.56. The Balaban J connectivity index is 1.65. The molecule has 0 saturated heterocycles. The Hall–Kier alpha value is -3.26. The van der Waals surface area contributed by atoms with Crippen LogP contribution in [0.3, 0.4) is 0 Å². The van der Waals surface area contributed by atoms with Crippen LogP contribution >= 0.6 is 11.3 Å². The summed E-state index contributed by atoms with van der Waals surface area (Å²) >= 11 is 1.67. The number of nitrogens with zero attached hydrogens (tertiary/aromatic N) is 1. The van der Waals surface area contributed by atoms with Crippen LogP contribution in [0.15, 0.2) is 35.7 Å². The van der Waals surface area contributed by atoms with Gasteiger partial charge in [-0.05, 0) is 49.1 Å². The largest absolute Gasteiger partial charge is 0.493 e. The summed E-state index contributed by atoms with van der Waals surface area (Å²) in [5, 5.41) is 2.03. The standard InChI is InChI=1S/C24H27NO6S/c1-15-9-19(16(2)25(15)13-18-7-6-8-32-18)20(26)14-31-23(27)12-17-10-21(28-3)24(30-5)22(11-17)29-4/h6-11H,12-14H2,1-5H3. The Morgan fingerprint density at radius 3 is 2.25 bits per heavy atom. The van der Waals surface area contributed by atoms with Gasteiger partial charge in [-0.25, -0.2) is 0 Å². The SMILES string of the molecule is COc1cc(CC(=O)OCC(=O)c2cc(C)n(Cc3cccs3)c2C)cc(OC)c1OC. The van der Waals surface area contributed by atoms with Crippen LogP contribution in [0.4, 0.5) is 0 Å². The van der Waals surface area contributed by atoms with Crippen LogP contribution in [0, 0.1) is 13.8 Å². The molecule has 0 aliphatic heterocycles. The number of methoxy groups -OCH3 is 3. The van der Waals surface area contributed by atoms with Crippen molar-refractivity contribution in [2.75, 3.05) is 27.9 Å². The maximum absolute atomic E-state index is 12.7. The molecule has 8 heteroatoms. The summed E-state index contributed by atoms with van der Waals surface area (Å²) < 4.78 is 23.3. The number of Topliss-reactive ketones (excluding diaryl/α,β-unsaturated/α-hetero) is 1. The lowest BCUT2D eigenvalue weighted by atomic mass is 10.1. The molecular formula is C24H27NO6S. The minimum atomic E-state index is -0.514. The third-order valence-electron chi connectivity index (χ3n) is 5.21. The van der Waals surface area contributed by atoms with Gasteiger partial charge in [-0.1, -0.05) is 6.07 Å². The number of hydrogen-bond donors (Lipinski definition) is 0. The number of ether oxygens (including phenoxy) is 4. The number of ketones is 1. The van der Waals surface area contributed by atoms with Gasteiger partial charge in [0, 0.05) is 21.8 Å². The van der Waals surface area contributed by atoms with Gasteiger partial charge in [-0.15, -0.1) is 11.3 Å². The number of thiophene rings is 1. The highest BCUT2D eigenvalue weighted by Crippen LogP contribution is 2.38. The van der Waals surface area contributed by atoms with Gasteiger partial charge < -0.3 is 23.5 Å². The smallest absolute Gasteiger partial charge is 0.310 e. The minimum absolute atomic E-state index is 0.0264. The van der Waals surface area contributed by atoms with E-state index in [-0.39, 0.29) is 18.8 Å². The highest BCUT2D eigenvalue weighted by molar-refractivity contribution is 7.09. The van der Waals surface area contributed by atoms with Gasteiger partial charge in [0.25, 0.3) is 0 Å². The highest BCUT2D eigenvalue weighted by atomic mass is 32.1. The molecule has 2 heterocycles. The Bertz CT molecular complexity index is 1080. The van der Waals surface area contributed by atoms with Crippen molar-refractivity contribution in [2.24, 2.45) is 0 Å². The van der Waals surface area contributed by atoms with E-state index in [0.29, 0.717) is 34.9 Å². The monoisotopic (exact) mass is 457 g/mol. The van der Waals surface area contributed by atoms with Crippen molar-refractivity contribution in [3.63, 3.8) is 0 Å². The van der Waals surface area contributed by atoms with E-state index >= 15 is 0 Å². The van der Waals surface area contributed by atoms with Crippen LogP contribution in [-0.2, 0) is 22.5 Å². The second-order valence-electron chi connectivity index (χ2n) is 7.24. The van der Waals surface area contributed by atoms with Gasteiger partial charge in [0.1, 0.15) is 0 Å². The molecule has 0 radical (unpaired) electrons. The molecule has 0 spiro atoms. The van der Waals surface area contributed by atoms with E-state index in [1.54, 1.807) is 23.5 Å². The first-order valence-electron chi connectivity index (χ1n) is 10.0. The second kappa shape index (κ2) is 10.4. The molecule has 3 aromatic rings. The molecule has 0 bridgehead atoms. The number of carbonyl (C=O) groups excluding carboxylic acids is 2. The summed E-state index contributed by atoms with van der Waals surface area (Å²) in [4.78, 5) is 26.3. The van der Waals surface area contributed by atoms with Crippen LogP contribution in [0.25, 0.3) is 0 Å². The van der Waals surface area contributed by atoms with Gasteiger partial charge >= 0.3 is 5.97 Å². The first-order chi connectivity index (χ1) is 15.4. The van der Waals surface area contributed by atoms with E-state index in [1.165, 1.54) is 26.2 Å². The molecule has 0 N–H and O–H groups in total. The number of carbonyl (C=O) groups is 2. The average molecular weight is 458 g/mol. The van der Waals surface area contributed by atoms with Crippen molar-refractivity contribution < 1.29 is 28.5 Å². The van der Waals surface area contributed by atoms with Crippen molar-refractivity contribution in [1.29, 1.82) is 0 Å². The Morgan fingerprint density at radius 1 is 1.00 bits per heavy atom. The summed E-state index contributed by atoms with van der Waals surface area (Å²) in [5.41, 5.74) is 3.05. The fraction of sp³-hybridized carbons (Fsp3) is 0.333. The summed E-state index contributed by atoms with van der Waals surface area (Å²) in [5.74, 6) is 0.599. The Morgan fingerprint density at radius 2 is 1.69 bits per heavy atom. The van der Waals surface area contributed by atoms with E-state index in [9.17, 15) is 9.59 Å². The predicted octanol–water partition coefficient (Wildman–Crippen LogP) is 4.21. The Labute approximate surface area is 191 Å². The normalized spacial score (nSPS) is 10.7. The van der Waals surface area contributed by atoms with E-state index in [4.69, 9.17) is 18.9 Å². The predicted molar refractivity (Wildman–Crippen MR) is 122 cm³/mol. The molecule has 0 fully saturated rings. The van der Waals surface area contributed by atoms with Gasteiger partial charge in [0.05, 0.1) is 34.3 Å². The van der Waals surface area contributed by atoms with Gasteiger partial charge in [-0.2, -0.15) is 0 Å². The van der Waals surface area contributed by atoms with E-state index < -0.39 is 5.97 Å². The second-order valence-corrected chi connectivity index (χ2v) is 8.28. The molecule has 170 valence electrons. The lowest BCUT2D eigenvalue weighted by Crippen LogP contribution is -2.16. The minimum Gasteiger partial charge on any atom is -0.493 e. The number of rotatable bonds is 10. The van der Waals surface area contributed by atoms with Crippen LogP contribution in [0.2, 0.25) is 0 Å². The van der Waals surface area contributed by atoms with Crippen LogP contribution in [0.5, 0.6) is 17.2 Å². The first-order valence-corrected chi connectivity index (χ1v) is 10.9. The van der Waals surface area contributed by atoms with E-state index in [2.05, 4.69) is 10.6 Å². The molecule has 0 unspecified atom stereocenters. The lowest BCUT2D eigenvalue weighted by Gasteiger charge is -2.14. The molecular weight excluding hydrogens is 430 g/mol. The van der Waals surface area contributed by atoms with Crippen molar-refractivity contribution in [3.8, 4) is 17.2 Å². The topological polar surface area (TPSA) is 76.0 Å². The van der Waals surface area contributed by atoms with Crippen molar-refractivity contribution in [3.05, 3.63) is 63.1 Å². The molecule has 2 aromatic heterocycles. The molecule has 32 heavy (non-hydrogen) atoms. The molecule has 0 saturated carbocycles. The van der Waals surface area contributed by atoms with Crippen molar-refractivity contribution >= 4 is 23.1 Å². The summed E-state index contributed by atoms with van der Waals surface area (Å²) in [6.07, 6.45) is -0.0264. The average Bonchev–Trinajstić information content (AvgIpc) is 3.40. The molecule has 0 aliphatic carbocycles. The first kappa shape index (κ1) is 23.4. The third-order valence-corrected chi connectivity index (χ3v) is 6.07. The maximum Gasteiger partial charge on any atom is 0.310 e. The van der Waals surface area contributed by atoms with Crippen molar-refractivity contribution in [2.45, 2.75) is 26.8 Å². The van der Waals surface area contributed by atoms with Gasteiger partial charge in [0.2, 0.25) is 11.5 Å². The highest BCUT2D eigenvalue weighted by Gasteiger charge is 2.19. The number of esters is 1. The maximum atomic E-state index is 12.7. The van der Waals surface area contributed by atoms with E-state index in [1.807, 2.05) is 31.4 Å². The number of aromatic nitrogens is 1. The van der Waals surface area contributed by atoms with Gasteiger partial charge in [0.15, 0.2) is 18.1 Å². The molecule has 7 nitrogen and oxygen atoms in total. The van der Waals surface area contributed by atoms with E-state index in [0.717, 1.165) is 11.4 Å². The summed E-state index contributed by atoms with van der Waals surface area (Å²) in [6, 6.07) is 9.28. The van der Waals surface area contributed by atoms with Crippen molar-refractivity contribution in [1.82, 2.24) is 4.57 Å². The quantitative estimate of drug-likeness (QED) is 0.335. The Kier molecular flexibility index (Phi) is 7.58. The molecule has 3 rings (SSSR count). The third kappa shape index (κ3) is 5.13. The zero-order valence-electron chi connectivity index (χ0n) is 18.9. The number of benzene rings is 1. The molecule has 0 atom stereocenters. The van der Waals surface area contributed by atoms with Gasteiger partial charge in [-0.3, -0.25) is 9.59 Å². The van der Waals surface area contributed by atoms with Crippen LogP contribution in [0.1, 0.15) is 32.2 Å². The zero-order valence-corrected chi connectivity index (χ0v) is 19.7.